The van der Waals surface area contributed by atoms with E-state index in [0.717, 1.165) is 10.6 Å². The van der Waals surface area contributed by atoms with Crippen LogP contribution >= 0.6 is 11.8 Å². The van der Waals surface area contributed by atoms with E-state index < -0.39 is 0 Å². The lowest BCUT2D eigenvalue weighted by Crippen LogP contribution is -2.35. The van der Waals surface area contributed by atoms with E-state index in [2.05, 4.69) is 23.1 Å². The van der Waals surface area contributed by atoms with Gasteiger partial charge in [0.05, 0.1) is 18.0 Å². The summed E-state index contributed by atoms with van der Waals surface area (Å²) >= 11 is 1.58. The molecule has 6 heteroatoms. The van der Waals surface area contributed by atoms with E-state index in [4.69, 9.17) is 4.52 Å². The Hall–Kier alpha value is -1.82. The first kappa shape index (κ1) is 14.1. The van der Waals surface area contributed by atoms with E-state index in [1.54, 1.807) is 16.7 Å². The van der Waals surface area contributed by atoms with Gasteiger partial charge in [-0.25, -0.2) is 0 Å². The predicted octanol–water partition coefficient (Wildman–Crippen LogP) is 3.14. The van der Waals surface area contributed by atoms with Gasteiger partial charge in [-0.3, -0.25) is 4.79 Å². The molecule has 0 bridgehead atoms. The minimum Gasteiger partial charge on any atom is -0.339 e. The third kappa shape index (κ3) is 2.81. The van der Waals surface area contributed by atoms with Gasteiger partial charge in [0.2, 0.25) is 11.8 Å². The van der Waals surface area contributed by atoms with Crippen molar-refractivity contribution in [2.24, 2.45) is 0 Å². The van der Waals surface area contributed by atoms with Crippen LogP contribution in [0, 0.1) is 6.92 Å². The molecule has 0 fully saturated rings. The average molecular weight is 303 g/mol. The summed E-state index contributed by atoms with van der Waals surface area (Å²) in [6.45, 7) is 6.40. The van der Waals surface area contributed by atoms with Gasteiger partial charge in [-0.1, -0.05) is 25.1 Å². The molecule has 0 N–H and O–H groups in total. The molecule has 0 aliphatic carbocycles. The van der Waals surface area contributed by atoms with Gasteiger partial charge in [0.15, 0.2) is 5.82 Å². The Morgan fingerprint density at radius 3 is 2.95 bits per heavy atom. The van der Waals surface area contributed by atoms with Crippen molar-refractivity contribution >= 4 is 23.4 Å². The van der Waals surface area contributed by atoms with Crippen LogP contribution in [-0.4, -0.2) is 21.8 Å². The molecule has 3 rings (SSSR count). The van der Waals surface area contributed by atoms with Gasteiger partial charge in [-0.15, -0.1) is 11.8 Å². The Morgan fingerprint density at radius 1 is 1.43 bits per heavy atom. The molecule has 2 aromatic rings. The van der Waals surface area contributed by atoms with Gasteiger partial charge < -0.3 is 9.42 Å². The van der Waals surface area contributed by atoms with Crippen molar-refractivity contribution in [3.63, 3.8) is 0 Å². The van der Waals surface area contributed by atoms with Crippen molar-refractivity contribution in [3.8, 4) is 0 Å². The normalized spacial score (nSPS) is 14.7. The van der Waals surface area contributed by atoms with Crippen molar-refractivity contribution in [1.82, 2.24) is 10.1 Å². The molecule has 0 radical (unpaired) electrons. The third-order valence-corrected chi connectivity index (χ3v) is 4.36. The summed E-state index contributed by atoms with van der Waals surface area (Å²) in [5, 5.41) is 3.97. The first-order valence-corrected chi connectivity index (χ1v) is 7.89. The zero-order chi connectivity index (χ0) is 15.0. The molecule has 0 saturated carbocycles. The summed E-state index contributed by atoms with van der Waals surface area (Å²) in [7, 11) is 0. The molecule has 110 valence electrons. The number of benzene rings is 1. The van der Waals surface area contributed by atoms with Gasteiger partial charge in [-0.05, 0) is 24.6 Å². The first-order chi connectivity index (χ1) is 10.0. The molecular weight excluding hydrogens is 286 g/mol. The van der Waals surface area contributed by atoms with Crippen LogP contribution in [0.5, 0.6) is 0 Å². The van der Waals surface area contributed by atoms with E-state index in [1.165, 1.54) is 5.56 Å². The molecule has 0 saturated heterocycles. The van der Waals surface area contributed by atoms with E-state index in [9.17, 15) is 4.79 Å². The van der Waals surface area contributed by atoms with Crippen LogP contribution in [0.15, 0.2) is 27.6 Å². The molecule has 0 unspecified atom stereocenters. The third-order valence-electron chi connectivity index (χ3n) is 3.34. The van der Waals surface area contributed by atoms with Gasteiger partial charge in [0, 0.05) is 10.8 Å². The van der Waals surface area contributed by atoms with Gasteiger partial charge in [0.1, 0.15) is 0 Å². The number of nitrogens with zero attached hydrogens (tertiary/aromatic N) is 3. The molecule has 1 aliphatic heterocycles. The maximum Gasteiger partial charge on any atom is 0.237 e. The van der Waals surface area contributed by atoms with Gasteiger partial charge in [0.25, 0.3) is 0 Å². The molecule has 21 heavy (non-hydrogen) atoms. The van der Waals surface area contributed by atoms with Crippen molar-refractivity contribution in [2.75, 3.05) is 10.7 Å². The molecule has 0 atom stereocenters. The van der Waals surface area contributed by atoms with E-state index in [-0.39, 0.29) is 11.8 Å². The lowest BCUT2D eigenvalue weighted by atomic mass is 10.2. The average Bonchev–Trinajstić information content (AvgIpc) is 2.91. The summed E-state index contributed by atoms with van der Waals surface area (Å²) in [6, 6.07) is 6.11. The van der Waals surface area contributed by atoms with Crippen LogP contribution in [-0.2, 0) is 11.3 Å². The molecule has 1 aromatic carbocycles. The Labute approximate surface area is 127 Å². The van der Waals surface area contributed by atoms with Crippen LogP contribution in [0.3, 0.4) is 0 Å². The molecule has 0 spiro atoms. The lowest BCUT2D eigenvalue weighted by molar-refractivity contribution is -0.116. The number of rotatable bonds is 3. The summed E-state index contributed by atoms with van der Waals surface area (Å²) in [5.74, 6) is 1.87. The summed E-state index contributed by atoms with van der Waals surface area (Å²) < 4.78 is 5.21. The number of aryl methyl sites for hydroxylation is 1. The van der Waals surface area contributed by atoms with Crippen molar-refractivity contribution in [3.05, 3.63) is 35.5 Å². The quantitative estimate of drug-likeness (QED) is 0.872. The summed E-state index contributed by atoms with van der Waals surface area (Å²) in [6.07, 6.45) is 0. The highest BCUT2D eigenvalue weighted by atomic mass is 32.2. The number of carbonyl (C=O) groups excluding carboxylic acids is 1. The number of carbonyl (C=O) groups is 1. The number of aromatic nitrogens is 2. The minimum absolute atomic E-state index is 0.0762. The van der Waals surface area contributed by atoms with Crippen LogP contribution in [0.1, 0.15) is 37.0 Å². The highest BCUT2D eigenvalue weighted by molar-refractivity contribution is 8.00. The second-order valence-electron chi connectivity index (χ2n) is 5.44. The van der Waals surface area contributed by atoms with Gasteiger partial charge >= 0.3 is 0 Å². The second-order valence-corrected chi connectivity index (χ2v) is 6.46. The fourth-order valence-electron chi connectivity index (χ4n) is 2.19. The van der Waals surface area contributed by atoms with E-state index >= 15 is 0 Å². The zero-order valence-corrected chi connectivity index (χ0v) is 13.1. The predicted molar refractivity (Wildman–Crippen MR) is 81.5 cm³/mol. The standard InChI is InChI=1S/C15H17N3O2S/c1-9(2)15-16-13(17-20-15)7-18-11-5-4-10(3)6-12(11)21-8-14(18)19/h4-6,9H,7-8H2,1-3H3. The molecule has 5 nitrogen and oxygen atoms in total. The molecule has 2 heterocycles. The number of amides is 1. The minimum atomic E-state index is 0.0762. The smallest absolute Gasteiger partial charge is 0.237 e. The second kappa shape index (κ2) is 5.52. The van der Waals surface area contributed by atoms with Crippen molar-refractivity contribution in [1.29, 1.82) is 0 Å². The topological polar surface area (TPSA) is 59.2 Å². The molecule has 1 aliphatic rings. The highest BCUT2D eigenvalue weighted by Gasteiger charge is 2.26. The van der Waals surface area contributed by atoms with E-state index in [0.29, 0.717) is 24.0 Å². The zero-order valence-electron chi connectivity index (χ0n) is 12.3. The summed E-state index contributed by atoms with van der Waals surface area (Å²) in [4.78, 5) is 19.4. The number of fused-ring (bicyclic) bond motifs is 1. The maximum atomic E-state index is 12.2. The van der Waals surface area contributed by atoms with Crippen molar-refractivity contribution < 1.29 is 9.32 Å². The van der Waals surface area contributed by atoms with Crippen LogP contribution < -0.4 is 4.90 Å². The van der Waals surface area contributed by atoms with Crippen LogP contribution in [0.25, 0.3) is 0 Å². The number of hydrogen-bond donors (Lipinski definition) is 0. The summed E-state index contributed by atoms with van der Waals surface area (Å²) in [5.41, 5.74) is 2.12. The number of thioether (sulfide) groups is 1. The Balaban J connectivity index is 1.89. The number of anilines is 1. The van der Waals surface area contributed by atoms with Crippen LogP contribution in [0.2, 0.25) is 0 Å². The Kier molecular flexibility index (Phi) is 3.71. The van der Waals surface area contributed by atoms with E-state index in [1.807, 2.05) is 26.0 Å². The first-order valence-electron chi connectivity index (χ1n) is 6.91. The SMILES string of the molecule is Cc1ccc2c(c1)SCC(=O)N2Cc1noc(C(C)C)n1. The largest absolute Gasteiger partial charge is 0.339 e. The highest BCUT2D eigenvalue weighted by Crippen LogP contribution is 2.36. The maximum absolute atomic E-state index is 12.2. The molecule has 1 amide bonds. The number of hydrogen-bond acceptors (Lipinski definition) is 5. The fourth-order valence-corrected chi connectivity index (χ4v) is 3.22. The molecule has 1 aromatic heterocycles. The van der Waals surface area contributed by atoms with Crippen molar-refractivity contribution in [2.45, 2.75) is 38.1 Å². The Bertz CT molecular complexity index is 681. The monoisotopic (exact) mass is 303 g/mol. The van der Waals surface area contributed by atoms with Crippen LogP contribution in [0.4, 0.5) is 5.69 Å². The lowest BCUT2D eigenvalue weighted by Gasteiger charge is -2.28. The molecular formula is C15H17N3O2S. The fraction of sp³-hybridized carbons (Fsp3) is 0.400. The van der Waals surface area contributed by atoms with Gasteiger partial charge in [-0.2, -0.15) is 4.98 Å². The Morgan fingerprint density at radius 2 is 2.24 bits per heavy atom.